The van der Waals surface area contributed by atoms with E-state index in [1.165, 1.54) is 0 Å². The van der Waals surface area contributed by atoms with Crippen LogP contribution >= 0.6 is 0 Å². The highest BCUT2D eigenvalue weighted by Gasteiger charge is 2.27. The molecule has 1 saturated carbocycles. The second-order valence-electron chi connectivity index (χ2n) is 4.88. The zero-order valence-corrected chi connectivity index (χ0v) is 11.5. The molecule has 4 nitrogen and oxygen atoms in total. The maximum Gasteiger partial charge on any atom is 0.309 e. The van der Waals surface area contributed by atoms with Gasteiger partial charge in [0.15, 0.2) is 9.84 Å². The van der Waals surface area contributed by atoms with Gasteiger partial charge in [-0.3, -0.25) is 4.79 Å². The Bertz CT molecular complexity index is 342. The molecule has 17 heavy (non-hydrogen) atoms. The molecule has 0 heterocycles. The predicted octanol–water partition coefficient (Wildman–Crippen LogP) is 1.79. The zero-order chi connectivity index (χ0) is 12.9. The van der Waals surface area contributed by atoms with E-state index >= 15 is 0 Å². The molecule has 1 atom stereocenters. The van der Waals surface area contributed by atoms with Crippen LogP contribution in [0, 0.1) is 11.8 Å². The van der Waals surface area contributed by atoms with Crippen molar-refractivity contribution in [3.63, 3.8) is 0 Å². The Hall–Kier alpha value is -0.580. The van der Waals surface area contributed by atoms with E-state index in [1.54, 1.807) is 13.8 Å². The van der Waals surface area contributed by atoms with Crippen molar-refractivity contribution in [1.82, 2.24) is 0 Å². The molecule has 0 saturated heterocycles. The molecule has 0 aromatic rings. The van der Waals surface area contributed by atoms with E-state index in [-0.39, 0.29) is 11.5 Å². The summed E-state index contributed by atoms with van der Waals surface area (Å²) in [6.07, 6.45) is 4.28. The first-order valence-electron chi connectivity index (χ1n) is 6.31. The minimum absolute atomic E-state index is 0.0810. The van der Waals surface area contributed by atoms with Crippen molar-refractivity contribution in [1.29, 1.82) is 0 Å². The number of carbonyl (C=O) groups is 1. The van der Waals surface area contributed by atoms with Crippen molar-refractivity contribution in [2.45, 2.75) is 39.5 Å². The van der Waals surface area contributed by atoms with E-state index in [1.807, 2.05) is 0 Å². The Kier molecular flexibility index (Phi) is 5.43. The fourth-order valence-electron chi connectivity index (χ4n) is 2.34. The molecule has 1 fully saturated rings. The van der Waals surface area contributed by atoms with Crippen molar-refractivity contribution in [2.24, 2.45) is 11.8 Å². The number of hydrogen-bond donors (Lipinski definition) is 0. The summed E-state index contributed by atoms with van der Waals surface area (Å²) in [7, 11) is -3.13. The van der Waals surface area contributed by atoms with Gasteiger partial charge in [-0.05, 0) is 25.7 Å². The fraction of sp³-hybridized carbons (Fsp3) is 0.917. The van der Waals surface area contributed by atoms with Gasteiger partial charge in [0.2, 0.25) is 0 Å². The van der Waals surface area contributed by atoms with Crippen molar-refractivity contribution >= 4 is 15.8 Å². The number of carbonyl (C=O) groups excluding carboxylic acids is 1. The molecule has 0 amide bonds. The summed E-state index contributed by atoms with van der Waals surface area (Å²) in [5.41, 5.74) is 0. The second-order valence-corrected chi connectivity index (χ2v) is 7.03. The second kappa shape index (κ2) is 6.38. The van der Waals surface area contributed by atoms with Crippen molar-refractivity contribution < 1.29 is 17.9 Å². The van der Waals surface area contributed by atoms with Crippen molar-refractivity contribution in [3.05, 3.63) is 0 Å². The van der Waals surface area contributed by atoms with Crippen LogP contribution in [0.4, 0.5) is 0 Å². The Morgan fingerprint density at radius 2 is 1.94 bits per heavy atom. The Morgan fingerprint density at radius 3 is 2.47 bits per heavy atom. The van der Waals surface area contributed by atoms with E-state index in [2.05, 4.69) is 0 Å². The molecular weight excluding hydrogens is 240 g/mol. The number of esters is 1. The third kappa shape index (κ3) is 5.06. The van der Waals surface area contributed by atoms with Gasteiger partial charge in [-0.2, -0.15) is 0 Å². The van der Waals surface area contributed by atoms with Gasteiger partial charge in [-0.1, -0.05) is 19.8 Å². The summed E-state index contributed by atoms with van der Waals surface area (Å²) in [5.74, 6) is -0.516. The first-order valence-corrected chi connectivity index (χ1v) is 8.14. The quantitative estimate of drug-likeness (QED) is 0.685. The molecule has 1 aliphatic rings. The molecule has 0 bridgehead atoms. The van der Waals surface area contributed by atoms with Gasteiger partial charge in [0, 0.05) is 0 Å². The van der Waals surface area contributed by atoms with Gasteiger partial charge >= 0.3 is 5.97 Å². The summed E-state index contributed by atoms with van der Waals surface area (Å²) < 4.78 is 28.6. The molecule has 1 unspecified atom stereocenters. The van der Waals surface area contributed by atoms with Crippen LogP contribution in [0.5, 0.6) is 0 Å². The monoisotopic (exact) mass is 262 g/mol. The van der Waals surface area contributed by atoms with Gasteiger partial charge < -0.3 is 4.74 Å². The summed E-state index contributed by atoms with van der Waals surface area (Å²) in [6, 6.07) is 0. The van der Waals surface area contributed by atoms with Gasteiger partial charge in [0.1, 0.15) is 0 Å². The van der Waals surface area contributed by atoms with Gasteiger partial charge in [-0.25, -0.2) is 8.42 Å². The highest BCUT2D eigenvalue weighted by atomic mass is 32.2. The molecule has 0 N–H and O–H groups in total. The van der Waals surface area contributed by atoms with Crippen LogP contribution in [0.3, 0.4) is 0 Å². The third-order valence-electron chi connectivity index (χ3n) is 3.16. The number of sulfone groups is 1. The lowest BCUT2D eigenvalue weighted by atomic mass is 10.1. The van der Waals surface area contributed by atoms with Gasteiger partial charge in [0.25, 0.3) is 0 Å². The molecule has 1 aliphatic carbocycles. The lowest BCUT2D eigenvalue weighted by Crippen LogP contribution is -2.26. The standard InChI is InChI=1S/C12H22O4S/c1-3-16-12(13)10(2)8-17(14,15)9-11-6-4-5-7-11/h10-11H,3-9H2,1-2H3. The van der Waals surface area contributed by atoms with E-state index in [9.17, 15) is 13.2 Å². The Morgan fingerprint density at radius 1 is 1.35 bits per heavy atom. The molecule has 5 heteroatoms. The zero-order valence-electron chi connectivity index (χ0n) is 10.6. The summed E-state index contributed by atoms with van der Waals surface area (Å²) in [6.45, 7) is 3.63. The Balaban J connectivity index is 2.44. The molecule has 1 rings (SSSR count). The summed E-state index contributed by atoms with van der Waals surface area (Å²) in [4.78, 5) is 11.4. The summed E-state index contributed by atoms with van der Waals surface area (Å²) in [5, 5.41) is 0. The van der Waals surface area contributed by atoms with Crippen LogP contribution < -0.4 is 0 Å². The highest BCUT2D eigenvalue weighted by Crippen LogP contribution is 2.26. The summed E-state index contributed by atoms with van der Waals surface area (Å²) >= 11 is 0. The van der Waals surface area contributed by atoms with Gasteiger partial charge in [-0.15, -0.1) is 0 Å². The lowest BCUT2D eigenvalue weighted by molar-refractivity contribution is -0.146. The SMILES string of the molecule is CCOC(=O)C(C)CS(=O)(=O)CC1CCCC1. The van der Waals surface area contributed by atoms with Gasteiger partial charge in [0.05, 0.1) is 24.0 Å². The molecule has 0 aromatic heterocycles. The number of ether oxygens (including phenoxy) is 1. The lowest BCUT2D eigenvalue weighted by Gasteiger charge is -2.13. The number of hydrogen-bond acceptors (Lipinski definition) is 4. The molecule has 0 spiro atoms. The van der Waals surface area contributed by atoms with Crippen LogP contribution in [-0.4, -0.2) is 32.5 Å². The van der Waals surface area contributed by atoms with E-state index in [0.29, 0.717) is 12.5 Å². The minimum Gasteiger partial charge on any atom is -0.466 e. The molecule has 100 valence electrons. The third-order valence-corrected chi connectivity index (χ3v) is 5.14. The van der Waals surface area contributed by atoms with Crippen LogP contribution in [0.1, 0.15) is 39.5 Å². The van der Waals surface area contributed by atoms with Crippen molar-refractivity contribution in [3.8, 4) is 0 Å². The predicted molar refractivity (Wildman–Crippen MR) is 66.4 cm³/mol. The molecular formula is C12H22O4S. The fourth-order valence-corrected chi connectivity index (χ4v) is 4.42. The first-order chi connectivity index (χ1) is 7.94. The topological polar surface area (TPSA) is 60.4 Å². The van der Waals surface area contributed by atoms with Crippen LogP contribution in [0.25, 0.3) is 0 Å². The maximum absolute atomic E-state index is 11.9. The average Bonchev–Trinajstić information content (AvgIpc) is 2.69. The van der Waals surface area contributed by atoms with Crippen LogP contribution in [-0.2, 0) is 19.4 Å². The van der Waals surface area contributed by atoms with Crippen LogP contribution in [0.15, 0.2) is 0 Å². The normalized spacial score (nSPS) is 19.2. The largest absolute Gasteiger partial charge is 0.466 e. The molecule has 0 radical (unpaired) electrons. The Labute approximate surface area is 104 Å². The van der Waals surface area contributed by atoms with E-state index in [0.717, 1.165) is 25.7 Å². The van der Waals surface area contributed by atoms with E-state index in [4.69, 9.17) is 4.74 Å². The average molecular weight is 262 g/mol. The minimum atomic E-state index is -3.13. The van der Waals surface area contributed by atoms with Crippen LogP contribution in [0.2, 0.25) is 0 Å². The van der Waals surface area contributed by atoms with Crippen molar-refractivity contribution in [2.75, 3.05) is 18.1 Å². The highest BCUT2D eigenvalue weighted by molar-refractivity contribution is 7.91. The number of rotatable bonds is 6. The first kappa shape index (κ1) is 14.5. The molecule has 0 aromatic carbocycles. The molecule has 0 aliphatic heterocycles. The van der Waals surface area contributed by atoms with E-state index < -0.39 is 21.7 Å². The maximum atomic E-state index is 11.9. The smallest absolute Gasteiger partial charge is 0.309 e.